The van der Waals surface area contributed by atoms with Crippen molar-refractivity contribution >= 4 is 28.9 Å². The van der Waals surface area contributed by atoms with Crippen molar-refractivity contribution < 1.29 is 0 Å². The zero-order valence-electron chi connectivity index (χ0n) is 14.6. The lowest BCUT2D eigenvalue weighted by atomic mass is 10.1. The first-order valence-electron chi connectivity index (χ1n) is 8.39. The Hall–Kier alpha value is -2.30. The van der Waals surface area contributed by atoms with Crippen LogP contribution in [0.5, 0.6) is 0 Å². The van der Waals surface area contributed by atoms with Gasteiger partial charge in [-0.2, -0.15) is 5.10 Å². The van der Waals surface area contributed by atoms with Gasteiger partial charge < -0.3 is 0 Å². The van der Waals surface area contributed by atoms with Gasteiger partial charge in [-0.1, -0.05) is 59.3 Å². The molecule has 4 rings (SSSR count). The summed E-state index contributed by atoms with van der Waals surface area (Å²) in [6, 6.07) is 16.4. The van der Waals surface area contributed by atoms with Gasteiger partial charge in [-0.3, -0.25) is 0 Å². The number of hydrogen-bond donors (Lipinski definition) is 0. The topological polar surface area (TPSA) is 30.2 Å². The highest BCUT2D eigenvalue weighted by molar-refractivity contribution is 7.98. The molecule has 0 aliphatic rings. The van der Waals surface area contributed by atoms with Gasteiger partial charge >= 0.3 is 0 Å². The number of aryl methyl sites for hydroxylation is 2. The molecule has 5 heteroatoms. The normalized spacial score (nSPS) is 11.2. The number of rotatable bonds is 4. The summed E-state index contributed by atoms with van der Waals surface area (Å²) in [7, 11) is 0. The van der Waals surface area contributed by atoms with Crippen LogP contribution in [0.4, 0.5) is 0 Å². The molecule has 2 aromatic heterocycles. The standard InChI is InChI=1S/C21H18ClN3S/c1-14-3-4-15(2)17(11-14)13-26-21-20-12-19(24-25(20)10-9-23-21)16-5-7-18(22)8-6-16/h3-12H,13H2,1-2H3. The Morgan fingerprint density at radius 1 is 1.04 bits per heavy atom. The lowest BCUT2D eigenvalue weighted by molar-refractivity contribution is 0.920. The summed E-state index contributed by atoms with van der Waals surface area (Å²) in [6.07, 6.45) is 3.69. The molecule has 0 amide bonds. The Labute approximate surface area is 162 Å². The van der Waals surface area contributed by atoms with Crippen LogP contribution in [0.25, 0.3) is 16.8 Å². The van der Waals surface area contributed by atoms with Crippen LogP contribution in [0.3, 0.4) is 0 Å². The molecule has 0 spiro atoms. The number of halogens is 1. The predicted molar refractivity (Wildman–Crippen MR) is 109 cm³/mol. The first-order chi connectivity index (χ1) is 12.6. The number of fused-ring (bicyclic) bond motifs is 1. The van der Waals surface area contributed by atoms with Gasteiger partial charge in [-0.25, -0.2) is 9.50 Å². The maximum absolute atomic E-state index is 5.99. The van der Waals surface area contributed by atoms with Gasteiger partial charge in [-0.15, -0.1) is 0 Å². The van der Waals surface area contributed by atoms with Gasteiger partial charge in [0.1, 0.15) is 5.03 Å². The van der Waals surface area contributed by atoms with Gasteiger partial charge in [0.2, 0.25) is 0 Å². The molecule has 0 bridgehead atoms. The van der Waals surface area contributed by atoms with E-state index >= 15 is 0 Å². The Balaban J connectivity index is 1.65. The van der Waals surface area contributed by atoms with Crippen molar-refractivity contribution in [2.75, 3.05) is 0 Å². The van der Waals surface area contributed by atoms with Crippen molar-refractivity contribution in [2.45, 2.75) is 24.6 Å². The summed E-state index contributed by atoms with van der Waals surface area (Å²) < 4.78 is 1.89. The third-order valence-corrected chi connectivity index (χ3v) is 5.66. The van der Waals surface area contributed by atoms with E-state index in [9.17, 15) is 0 Å². The molecule has 2 heterocycles. The van der Waals surface area contributed by atoms with Crippen LogP contribution in [0, 0.1) is 13.8 Å². The first kappa shape index (κ1) is 17.1. The number of benzene rings is 2. The molecule has 0 saturated heterocycles. The quantitative estimate of drug-likeness (QED) is 0.410. The van der Waals surface area contributed by atoms with Crippen LogP contribution in [0.15, 0.2) is 66.0 Å². The third-order valence-electron chi connectivity index (χ3n) is 4.36. The Morgan fingerprint density at radius 3 is 2.65 bits per heavy atom. The Morgan fingerprint density at radius 2 is 1.85 bits per heavy atom. The van der Waals surface area contributed by atoms with E-state index in [4.69, 9.17) is 11.6 Å². The third kappa shape index (κ3) is 3.48. The van der Waals surface area contributed by atoms with E-state index in [-0.39, 0.29) is 0 Å². The van der Waals surface area contributed by atoms with Gasteiger partial charge in [0.15, 0.2) is 0 Å². The fourth-order valence-corrected chi connectivity index (χ4v) is 4.04. The van der Waals surface area contributed by atoms with E-state index in [0.29, 0.717) is 0 Å². The fourth-order valence-electron chi connectivity index (χ4n) is 2.87. The second kappa shape index (κ2) is 7.14. The highest BCUT2D eigenvalue weighted by Crippen LogP contribution is 2.29. The second-order valence-electron chi connectivity index (χ2n) is 6.32. The van der Waals surface area contributed by atoms with E-state index < -0.39 is 0 Å². The van der Waals surface area contributed by atoms with Gasteiger partial charge in [-0.05, 0) is 43.2 Å². The molecule has 3 nitrogen and oxygen atoms in total. The lowest BCUT2D eigenvalue weighted by Gasteiger charge is -2.07. The molecule has 130 valence electrons. The van der Waals surface area contributed by atoms with E-state index in [1.54, 1.807) is 18.0 Å². The average molecular weight is 380 g/mol. The van der Waals surface area contributed by atoms with Gasteiger partial charge in [0.05, 0.1) is 11.2 Å². The molecule has 0 aliphatic carbocycles. The van der Waals surface area contributed by atoms with Crippen molar-refractivity contribution in [1.29, 1.82) is 0 Å². The van der Waals surface area contributed by atoms with Crippen molar-refractivity contribution in [3.8, 4) is 11.3 Å². The molecule has 0 atom stereocenters. The van der Waals surface area contributed by atoms with E-state index in [1.165, 1.54) is 16.7 Å². The molecule has 0 radical (unpaired) electrons. The summed E-state index contributed by atoms with van der Waals surface area (Å²) in [5, 5.41) is 6.39. The zero-order valence-corrected chi connectivity index (χ0v) is 16.2. The van der Waals surface area contributed by atoms with E-state index in [1.807, 2.05) is 35.0 Å². The summed E-state index contributed by atoms with van der Waals surface area (Å²) in [4.78, 5) is 4.58. The van der Waals surface area contributed by atoms with Crippen LogP contribution < -0.4 is 0 Å². The largest absolute Gasteiger partial charge is 0.246 e. The van der Waals surface area contributed by atoms with Crippen molar-refractivity contribution in [2.24, 2.45) is 0 Å². The minimum Gasteiger partial charge on any atom is -0.246 e. The summed E-state index contributed by atoms with van der Waals surface area (Å²) in [5.74, 6) is 0.891. The monoisotopic (exact) mass is 379 g/mol. The number of thioether (sulfide) groups is 1. The number of hydrogen-bond acceptors (Lipinski definition) is 3. The molecule has 0 aliphatic heterocycles. The van der Waals surface area contributed by atoms with Crippen LogP contribution >= 0.6 is 23.4 Å². The lowest BCUT2D eigenvalue weighted by Crippen LogP contribution is -1.93. The first-order valence-corrected chi connectivity index (χ1v) is 9.76. The molecule has 0 N–H and O–H groups in total. The van der Waals surface area contributed by atoms with Crippen molar-refractivity contribution in [3.63, 3.8) is 0 Å². The van der Waals surface area contributed by atoms with Gasteiger partial charge in [0, 0.05) is 28.7 Å². The molecular formula is C21H18ClN3S. The van der Waals surface area contributed by atoms with Crippen molar-refractivity contribution in [1.82, 2.24) is 14.6 Å². The fraction of sp³-hybridized carbons (Fsp3) is 0.143. The molecule has 2 aromatic carbocycles. The smallest absolute Gasteiger partial charge is 0.122 e. The molecule has 0 unspecified atom stereocenters. The van der Waals surface area contributed by atoms with Gasteiger partial charge in [0.25, 0.3) is 0 Å². The zero-order chi connectivity index (χ0) is 18.1. The van der Waals surface area contributed by atoms with E-state index in [2.05, 4.69) is 48.2 Å². The highest BCUT2D eigenvalue weighted by atomic mass is 35.5. The maximum atomic E-state index is 5.99. The summed E-state index contributed by atoms with van der Waals surface area (Å²) in [6.45, 7) is 4.28. The molecule has 0 saturated carbocycles. The maximum Gasteiger partial charge on any atom is 0.122 e. The minimum atomic E-state index is 0.726. The molecule has 4 aromatic rings. The Bertz CT molecular complexity index is 1070. The second-order valence-corrected chi connectivity index (χ2v) is 7.72. The number of nitrogens with zero attached hydrogens (tertiary/aromatic N) is 3. The molecule has 0 fully saturated rings. The summed E-state index contributed by atoms with van der Waals surface area (Å²) >= 11 is 7.73. The van der Waals surface area contributed by atoms with Crippen LogP contribution in [0.1, 0.15) is 16.7 Å². The highest BCUT2D eigenvalue weighted by Gasteiger charge is 2.10. The molecular weight excluding hydrogens is 362 g/mol. The van der Waals surface area contributed by atoms with E-state index in [0.717, 1.165) is 32.6 Å². The average Bonchev–Trinajstić information content (AvgIpc) is 3.08. The van der Waals surface area contributed by atoms with Crippen LogP contribution in [0.2, 0.25) is 5.02 Å². The SMILES string of the molecule is Cc1ccc(C)c(CSc2nccn3nc(-c4ccc(Cl)cc4)cc23)c1. The summed E-state index contributed by atoms with van der Waals surface area (Å²) in [5.41, 5.74) is 6.92. The van der Waals surface area contributed by atoms with Crippen molar-refractivity contribution in [3.05, 3.63) is 82.6 Å². The van der Waals surface area contributed by atoms with Crippen LogP contribution in [-0.4, -0.2) is 14.6 Å². The number of aromatic nitrogens is 3. The Kier molecular flexibility index (Phi) is 4.70. The molecule has 26 heavy (non-hydrogen) atoms. The minimum absolute atomic E-state index is 0.726. The predicted octanol–water partition coefficient (Wildman–Crippen LogP) is 5.96. The van der Waals surface area contributed by atoms with Crippen LogP contribution in [-0.2, 0) is 5.75 Å².